The number of ether oxygens (including phenoxy) is 3. The number of aryl methyl sites for hydroxylation is 1. The van der Waals surface area contributed by atoms with Crippen LogP contribution in [0.3, 0.4) is 0 Å². The van der Waals surface area contributed by atoms with Crippen molar-refractivity contribution in [2.45, 2.75) is 19.6 Å². The van der Waals surface area contributed by atoms with Gasteiger partial charge in [0.15, 0.2) is 0 Å². The molecule has 1 aliphatic rings. The van der Waals surface area contributed by atoms with Gasteiger partial charge in [-0.25, -0.2) is 9.59 Å². The van der Waals surface area contributed by atoms with E-state index in [1.165, 1.54) is 20.3 Å². The van der Waals surface area contributed by atoms with E-state index in [0.717, 1.165) is 17.1 Å². The molecule has 2 heterocycles. The number of likely N-dealkylation sites (N-methyl/N-ethyl adjacent to an activating group) is 1. The van der Waals surface area contributed by atoms with Gasteiger partial charge in [-0.05, 0) is 38.2 Å². The van der Waals surface area contributed by atoms with Crippen LogP contribution in [-0.4, -0.2) is 44.7 Å². The summed E-state index contributed by atoms with van der Waals surface area (Å²) in [6.07, 6.45) is -0.278. The Morgan fingerprint density at radius 1 is 1.07 bits per heavy atom. The highest BCUT2D eigenvalue weighted by Gasteiger charge is 2.29. The zero-order valence-corrected chi connectivity index (χ0v) is 16.4. The van der Waals surface area contributed by atoms with E-state index in [9.17, 15) is 9.59 Å². The molecule has 0 aliphatic carbocycles. The Bertz CT molecular complexity index is 812. The van der Waals surface area contributed by atoms with Gasteiger partial charge in [0.25, 0.3) is 0 Å². The van der Waals surface area contributed by atoms with Crippen molar-refractivity contribution in [2.24, 2.45) is 0 Å². The Balaban J connectivity index is 0.00000261. The number of hydrogen-bond acceptors (Lipinski definition) is 7. The molecule has 0 N–H and O–H groups in total. The van der Waals surface area contributed by atoms with Crippen LogP contribution in [0.5, 0.6) is 5.75 Å². The number of benzene rings is 1. The molecule has 0 spiro atoms. The first-order valence-corrected chi connectivity index (χ1v) is 8.17. The van der Waals surface area contributed by atoms with Gasteiger partial charge in [0.1, 0.15) is 23.4 Å². The van der Waals surface area contributed by atoms with Gasteiger partial charge in [-0.1, -0.05) is 0 Å². The first-order chi connectivity index (χ1) is 12.4. The Hall–Kier alpha value is -2.51. The molecule has 27 heavy (non-hydrogen) atoms. The summed E-state index contributed by atoms with van der Waals surface area (Å²) >= 11 is 0. The van der Waals surface area contributed by atoms with Crippen LogP contribution in [-0.2, 0) is 16.0 Å². The standard InChI is InChI=1S/C19H21NO6.ClH/c1-11-5-15-16(25-11)9-20(2)10-17(15)26-14-7-12(18(21)23-3)6-13(8-14)19(22)24-4;/h5-8,17H,9-10H2,1-4H3;1H. The van der Waals surface area contributed by atoms with E-state index in [1.807, 2.05) is 20.0 Å². The average Bonchev–Trinajstić information content (AvgIpc) is 3.00. The smallest absolute Gasteiger partial charge is 0.338 e. The van der Waals surface area contributed by atoms with Crippen LogP contribution in [0.4, 0.5) is 0 Å². The summed E-state index contributed by atoms with van der Waals surface area (Å²) in [4.78, 5) is 25.9. The number of furan rings is 1. The minimum absolute atomic E-state index is 0. The van der Waals surface area contributed by atoms with Crippen LogP contribution >= 0.6 is 12.4 Å². The van der Waals surface area contributed by atoms with E-state index in [4.69, 9.17) is 18.6 Å². The van der Waals surface area contributed by atoms with Gasteiger partial charge in [-0.2, -0.15) is 0 Å². The summed E-state index contributed by atoms with van der Waals surface area (Å²) in [5, 5.41) is 0. The largest absolute Gasteiger partial charge is 0.484 e. The molecule has 2 aromatic rings. The SMILES string of the molecule is COC(=O)c1cc(OC2CN(C)Cc3oc(C)cc32)cc(C(=O)OC)c1.Cl. The lowest BCUT2D eigenvalue weighted by atomic mass is 10.0. The summed E-state index contributed by atoms with van der Waals surface area (Å²) in [5.74, 6) is 0.955. The molecule has 0 radical (unpaired) electrons. The molecule has 0 bridgehead atoms. The Kier molecular flexibility index (Phi) is 6.51. The Labute approximate surface area is 163 Å². The van der Waals surface area contributed by atoms with Crippen LogP contribution in [0, 0.1) is 6.92 Å². The monoisotopic (exact) mass is 395 g/mol. The van der Waals surface area contributed by atoms with E-state index in [-0.39, 0.29) is 29.6 Å². The second-order valence-electron chi connectivity index (χ2n) is 6.27. The van der Waals surface area contributed by atoms with Crippen molar-refractivity contribution in [3.8, 4) is 5.75 Å². The summed E-state index contributed by atoms with van der Waals surface area (Å²) in [7, 11) is 4.54. The molecule has 1 unspecified atom stereocenters. The first-order valence-electron chi connectivity index (χ1n) is 8.17. The number of carbonyl (C=O) groups is 2. The van der Waals surface area contributed by atoms with Crippen LogP contribution in [0.2, 0.25) is 0 Å². The van der Waals surface area contributed by atoms with Crippen molar-refractivity contribution >= 4 is 24.3 Å². The minimum atomic E-state index is -0.554. The molecule has 0 saturated carbocycles. The second-order valence-corrected chi connectivity index (χ2v) is 6.27. The molecule has 0 amide bonds. The van der Waals surface area contributed by atoms with Gasteiger partial charge < -0.3 is 18.6 Å². The van der Waals surface area contributed by atoms with E-state index >= 15 is 0 Å². The van der Waals surface area contributed by atoms with Crippen LogP contribution in [0.1, 0.15) is 43.9 Å². The van der Waals surface area contributed by atoms with E-state index < -0.39 is 11.9 Å². The summed E-state index contributed by atoms with van der Waals surface area (Å²) in [5.41, 5.74) is 1.42. The number of fused-ring (bicyclic) bond motifs is 1. The predicted octanol–water partition coefficient (Wildman–Crippen LogP) is 3.15. The van der Waals surface area contributed by atoms with E-state index in [0.29, 0.717) is 18.8 Å². The molecule has 8 heteroatoms. The maximum absolute atomic E-state index is 11.9. The van der Waals surface area contributed by atoms with Crippen molar-refractivity contribution in [1.29, 1.82) is 0 Å². The van der Waals surface area contributed by atoms with Crippen molar-refractivity contribution in [1.82, 2.24) is 4.90 Å². The Morgan fingerprint density at radius 2 is 1.67 bits per heavy atom. The third-order valence-electron chi connectivity index (χ3n) is 4.23. The summed E-state index contributed by atoms with van der Waals surface area (Å²) in [6.45, 7) is 3.25. The lowest BCUT2D eigenvalue weighted by Crippen LogP contribution is -2.32. The van der Waals surface area contributed by atoms with E-state index in [2.05, 4.69) is 4.90 Å². The van der Waals surface area contributed by atoms with Crippen LogP contribution < -0.4 is 4.74 Å². The third-order valence-corrected chi connectivity index (χ3v) is 4.23. The lowest BCUT2D eigenvalue weighted by Gasteiger charge is -2.29. The maximum Gasteiger partial charge on any atom is 0.338 e. The fourth-order valence-electron chi connectivity index (χ4n) is 3.07. The molecule has 1 atom stereocenters. The van der Waals surface area contributed by atoms with Crippen molar-refractivity contribution in [2.75, 3.05) is 27.8 Å². The van der Waals surface area contributed by atoms with Crippen molar-refractivity contribution in [3.63, 3.8) is 0 Å². The first kappa shape index (κ1) is 20.8. The molecular weight excluding hydrogens is 374 g/mol. The highest BCUT2D eigenvalue weighted by molar-refractivity contribution is 5.96. The van der Waals surface area contributed by atoms with Gasteiger partial charge >= 0.3 is 11.9 Å². The predicted molar refractivity (Wildman–Crippen MR) is 99.5 cm³/mol. The number of esters is 2. The molecule has 3 rings (SSSR count). The topological polar surface area (TPSA) is 78.2 Å². The molecular formula is C19H22ClNO6. The van der Waals surface area contributed by atoms with E-state index in [1.54, 1.807) is 12.1 Å². The number of hydrogen-bond donors (Lipinski definition) is 0. The lowest BCUT2D eigenvalue weighted by molar-refractivity contribution is 0.0596. The molecule has 1 aromatic carbocycles. The molecule has 0 fully saturated rings. The maximum atomic E-state index is 11.9. The van der Waals surface area contributed by atoms with Gasteiger partial charge in [-0.15, -0.1) is 12.4 Å². The normalized spacial score (nSPS) is 16.1. The zero-order valence-electron chi connectivity index (χ0n) is 15.6. The van der Waals surface area contributed by atoms with Gasteiger partial charge in [0.2, 0.25) is 0 Å². The number of methoxy groups -OCH3 is 2. The minimum Gasteiger partial charge on any atom is -0.484 e. The molecule has 0 saturated heterocycles. The quantitative estimate of drug-likeness (QED) is 0.736. The second kappa shape index (κ2) is 8.45. The van der Waals surface area contributed by atoms with Crippen molar-refractivity contribution in [3.05, 3.63) is 52.5 Å². The molecule has 1 aromatic heterocycles. The Morgan fingerprint density at radius 3 is 2.22 bits per heavy atom. The zero-order chi connectivity index (χ0) is 18.8. The number of rotatable bonds is 4. The third kappa shape index (κ3) is 4.43. The van der Waals surface area contributed by atoms with Crippen LogP contribution in [0.25, 0.3) is 0 Å². The number of nitrogens with zero attached hydrogens (tertiary/aromatic N) is 1. The number of halogens is 1. The van der Waals surface area contributed by atoms with Gasteiger partial charge in [-0.3, -0.25) is 4.90 Å². The van der Waals surface area contributed by atoms with Gasteiger partial charge in [0.05, 0.1) is 31.9 Å². The molecule has 7 nitrogen and oxygen atoms in total. The van der Waals surface area contributed by atoms with Crippen molar-refractivity contribution < 1.29 is 28.2 Å². The molecule has 146 valence electrons. The number of carbonyl (C=O) groups excluding carboxylic acids is 2. The summed E-state index contributed by atoms with van der Waals surface area (Å²) < 4.78 is 21.4. The highest BCUT2D eigenvalue weighted by Crippen LogP contribution is 2.33. The average molecular weight is 396 g/mol. The fraction of sp³-hybridized carbons (Fsp3) is 0.368. The van der Waals surface area contributed by atoms with Crippen LogP contribution in [0.15, 0.2) is 28.7 Å². The van der Waals surface area contributed by atoms with Gasteiger partial charge in [0, 0.05) is 12.1 Å². The summed E-state index contributed by atoms with van der Waals surface area (Å²) in [6, 6.07) is 6.49. The molecule has 1 aliphatic heterocycles. The fourth-order valence-corrected chi connectivity index (χ4v) is 3.07. The highest BCUT2D eigenvalue weighted by atomic mass is 35.5.